The van der Waals surface area contributed by atoms with E-state index in [1.54, 1.807) is 16.8 Å². The van der Waals surface area contributed by atoms with Crippen molar-refractivity contribution in [3.8, 4) is 5.82 Å². The Morgan fingerprint density at radius 1 is 1.07 bits per heavy atom. The summed E-state index contributed by atoms with van der Waals surface area (Å²) in [5.41, 5.74) is 4.41. The number of hydrogen-bond acceptors (Lipinski definition) is 4. The van der Waals surface area contributed by atoms with Crippen LogP contribution in [-0.4, -0.2) is 33.1 Å². The van der Waals surface area contributed by atoms with Gasteiger partial charge in [-0.1, -0.05) is 29.8 Å². The normalized spacial score (nSPS) is 10.7. The molecule has 3 rings (SSSR count). The third kappa shape index (κ3) is 4.63. The van der Waals surface area contributed by atoms with E-state index in [9.17, 15) is 9.59 Å². The van der Waals surface area contributed by atoms with Gasteiger partial charge in [-0.05, 0) is 57.0 Å². The first-order valence-corrected chi connectivity index (χ1v) is 9.48. The van der Waals surface area contributed by atoms with E-state index < -0.39 is 5.91 Å². The van der Waals surface area contributed by atoms with Gasteiger partial charge in [0, 0.05) is 11.4 Å². The summed E-state index contributed by atoms with van der Waals surface area (Å²) in [6.07, 6.45) is 0. The van der Waals surface area contributed by atoms with Crippen LogP contribution in [0.4, 0.5) is 5.69 Å². The molecule has 7 nitrogen and oxygen atoms in total. The monoisotopic (exact) mass is 411 g/mol. The summed E-state index contributed by atoms with van der Waals surface area (Å²) in [5.74, 6) is -0.387. The zero-order valence-electron chi connectivity index (χ0n) is 16.7. The lowest BCUT2D eigenvalue weighted by Crippen LogP contribution is -2.34. The Bertz CT molecular complexity index is 1070. The van der Waals surface area contributed by atoms with Crippen LogP contribution in [-0.2, 0) is 4.79 Å². The molecule has 0 radical (unpaired) electrons. The number of aryl methyl sites for hydroxylation is 4. The summed E-state index contributed by atoms with van der Waals surface area (Å²) in [6.45, 7) is 7.40. The summed E-state index contributed by atoms with van der Waals surface area (Å²) in [4.78, 5) is 29.2. The molecule has 0 fully saturated rings. The van der Waals surface area contributed by atoms with Crippen molar-refractivity contribution in [2.24, 2.45) is 0 Å². The quantitative estimate of drug-likeness (QED) is 0.672. The van der Waals surface area contributed by atoms with Crippen LogP contribution < -0.4 is 10.6 Å². The number of para-hydroxylation sites is 1. The number of carbonyl (C=O) groups excluding carboxylic acids is 2. The van der Waals surface area contributed by atoms with Gasteiger partial charge in [0.25, 0.3) is 5.91 Å². The highest BCUT2D eigenvalue weighted by Gasteiger charge is 2.16. The van der Waals surface area contributed by atoms with Crippen molar-refractivity contribution in [1.82, 2.24) is 20.1 Å². The molecular weight excluding hydrogens is 390 g/mol. The number of benzene rings is 1. The number of anilines is 1. The van der Waals surface area contributed by atoms with E-state index in [2.05, 4.69) is 20.7 Å². The predicted octanol–water partition coefficient (Wildman–Crippen LogP) is 3.52. The third-order valence-corrected chi connectivity index (χ3v) is 4.73. The SMILES string of the molecule is Cc1cc(C)n(-c2ccc(Cl)c(C(=O)NCC(=O)Nc3c(C)cccc3C)n2)n1. The van der Waals surface area contributed by atoms with Crippen molar-refractivity contribution in [1.29, 1.82) is 0 Å². The molecule has 0 saturated heterocycles. The second-order valence-electron chi connectivity index (χ2n) is 6.84. The largest absolute Gasteiger partial charge is 0.342 e. The summed E-state index contributed by atoms with van der Waals surface area (Å²) in [5, 5.41) is 9.96. The van der Waals surface area contributed by atoms with E-state index in [4.69, 9.17) is 11.6 Å². The van der Waals surface area contributed by atoms with Gasteiger partial charge in [-0.15, -0.1) is 0 Å². The molecule has 2 aromatic heterocycles. The van der Waals surface area contributed by atoms with Crippen LogP contribution >= 0.6 is 11.6 Å². The summed E-state index contributed by atoms with van der Waals surface area (Å²) in [6, 6.07) is 10.9. The lowest BCUT2D eigenvalue weighted by molar-refractivity contribution is -0.115. The number of aromatic nitrogens is 3. The first-order valence-electron chi connectivity index (χ1n) is 9.10. The van der Waals surface area contributed by atoms with Gasteiger partial charge in [0.1, 0.15) is 5.69 Å². The first kappa shape index (κ1) is 20.5. The van der Waals surface area contributed by atoms with Gasteiger partial charge in [-0.3, -0.25) is 9.59 Å². The summed E-state index contributed by atoms with van der Waals surface area (Å²) in [7, 11) is 0. The molecule has 0 atom stereocenters. The number of amides is 2. The van der Waals surface area contributed by atoms with E-state index in [0.29, 0.717) is 5.82 Å². The van der Waals surface area contributed by atoms with E-state index in [1.807, 2.05) is 52.0 Å². The van der Waals surface area contributed by atoms with Crippen LogP contribution in [0.25, 0.3) is 5.82 Å². The molecular formula is C21H22ClN5O2. The maximum absolute atomic E-state index is 12.6. The fourth-order valence-electron chi connectivity index (χ4n) is 3.01. The number of nitrogens with zero attached hydrogens (tertiary/aromatic N) is 3. The van der Waals surface area contributed by atoms with Crippen LogP contribution in [0.2, 0.25) is 5.02 Å². The van der Waals surface area contributed by atoms with E-state index in [1.165, 1.54) is 0 Å². The molecule has 0 aliphatic carbocycles. The van der Waals surface area contributed by atoms with Crippen molar-refractivity contribution >= 4 is 29.1 Å². The molecule has 0 spiro atoms. The molecule has 0 bridgehead atoms. The highest BCUT2D eigenvalue weighted by molar-refractivity contribution is 6.33. The Hall–Kier alpha value is -3.19. The van der Waals surface area contributed by atoms with Crippen LogP contribution in [0.1, 0.15) is 33.0 Å². The zero-order valence-corrected chi connectivity index (χ0v) is 17.5. The Labute approximate surface area is 174 Å². The number of nitrogens with one attached hydrogen (secondary N) is 2. The zero-order chi connectivity index (χ0) is 21.1. The van der Waals surface area contributed by atoms with Crippen molar-refractivity contribution in [3.63, 3.8) is 0 Å². The van der Waals surface area contributed by atoms with E-state index in [0.717, 1.165) is 28.2 Å². The van der Waals surface area contributed by atoms with Crippen LogP contribution in [0, 0.1) is 27.7 Å². The molecule has 0 aliphatic heterocycles. The lowest BCUT2D eigenvalue weighted by atomic mass is 10.1. The number of carbonyl (C=O) groups is 2. The fraction of sp³-hybridized carbons (Fsp3) is 0.238. The van der Waals surface area contributed by atoms with Crippen molar-refractivity contribution in [2.75, 3.05) is 11.9 Å². The number of rotatable bonds is 5. The van der Waals surface area contributed by atoms with Crippen molar-refractivity contribution in [3.05, 3.63) is 69.6 Å². The molecule has 1 aromatic carbocycles. The maximum Gasteiger partial charge on any atom is 0.271 e. The standard InChI is InChI=1S/C21H22ClN5O2/c1-12-6-5-7-13(2)19(12)25-18(28)11-23-21(29)20-16(22)8-9-17(24-20)27-15(4)10-14(3)26-27/h5-10H,11H2,1-4H3,(H,23,29)(H,25,28). The molecule has 2 amide bonds. The van der Waals surface area contributed by atoms with Gasteiger partial charge >= 0.3 is 0 Å². The molecule has 0 saturated carbocycles. The molecule has 0 aliphatic rings. The van der Waals surface area contributed by atoms with Crippen LogP contribution in [0.15, 0.2) is 36.4 Å². The average Bonchev–Trinajstić information content (AvgIpc) is 3.01. The Balaban J connectivity index is 1.71. The minimum absolute atomic E-state index is 0.0385. The molecule has 2 heterocycles. The number of hydrogen-bond donors (Lipinski definition) is 2. The molecule has 150 valence electrons. The van der Waals surface area contributed by atoms with Gasteiger partial charge in [-0.2, -0.15) is 5.10 Å². The van der Waals surface area contributed by atoms with Crippen LogP contribution in [0.3, 0.4) is 0 Å². The Kier molecular flexibility index (Phi) is 5.98. The van der Waals surface area contributed by atoms with Gasteiger partial charge in [0.2, 0.25) is 5.91 Å². The fourth-order valence-corrected chi connectivity index (χ4v) is 3.20. The van der Waals surface area contributed by atoms with E-state index >= 15 is 0 Å². The smallest absolute Gasteiger partial charge is 0.271 e. The maximum atomic E-state index is 12.6. The molecule has 3 aromatic rings. The second kappa shape index (κ2) is 8.45. The highest BCUT2D eigenvalue weighted by Crippen LogP contribution is 2.20. The third-order valence-electron chi connectivity index (χ3n) is 4.43. The van der Waals surface area contributed by atoms with Gasteiger partial charge in [0.05, 0.1) is 17.3 Å². The minimum Gasteiger partial charge on any atom is -0.342 e. The van der Waals surface area contributed by atoms with E-state index in [-0.39, 0.29) is 23.2 Å². The Morgan fingerprint density at radius 2 is 1.76 bits per heavy atom. The first-order chi connectivity index (χ1) is 13.8. The van der Waals surface area contributed by atoms with Crippen molar-refractivity contribution in [2.45, 2.75) is 27.7 Å². The predicted molar refractivity (Wildman–Crippen MR) is 113 cm³/mol. The minimum atomic E-state index is -0.532. The van der Waals surface area contributed by atoms with Crippen LogP contribution in [0.5, 0.6) is 0 Å². The van der Waals surface area contributed by atoms with Gasteiger partial charge < -0.3 is 10.6 Å². The topological polar surface area (TPSA) is 88.9 Å². The average molecular weight is 412 g/mol. The molecule has 0 unspecified atom stereocenters. The van der Waals surface area contributed by atoms with Crippen molar-refractivity contribution < 1.29 is 9.59 Å². The molecule has 29 heavy (non-hydrogen) atoms. The number of halogens is 1. The summed E-state index contributed by atoms with van der Waals surface area (Å²) < 4.78 is 1.64. The molecule has 2 N–H and O–H groups in total. The van der Waals surface area contributed by atoms with Gasteiger partial charge in [0.15, 0.2) is 5.82 Å². The number of pyridine rings is 1. The molecule has 8 heteroatoms. The Morgan fingerprint density at radius 3 is 2.38 bits per heavy atom. The summed E-state index contributed by atoms with van der Waals surface area (Å²) >= 11 is 6.16. The lowest BCUT2D eigenvalue weighted by Gasteiger charge is -2.12. The second-order valence-corrected chi connectivity index (χ2v) is 7.24. The highest BCUT2D eigenvalue weighted by atomic mass is 35.5. The van der Waals surface area contributed by atoms with Gasteiger partial charge in [-0.25, -0.2) is 9.67 Å².